The van der Waals surface area contributed by atoms with Crippen LogP contribution in [0.4, 0.5) is 5.69 Å². The van der Waals surface area contributed by atoms with E-state index in [1.165, 1.54) is 12.1 Å². The monoisotopic (exact) mass is 472 g/mol. The fraction of sp³-hybridized carbons (Fsp3) is 0.154. The highest BCUT2D eigenvalue weighted by Gasteiger charge is 2.42. The van der Waals surface area contributed by atoms with Gasteiger partial charge >= 0.3 is 5.97 Å². The number of aryl methyl sites for hydroxylation is 2. The molecule has 0 N–H and O–H groups in total. The Hall–Kier alpha value is -4.66. The third kappa shape index (κ3) is 4.43. The lowest BCUT2D eigenvalue weighted by atomic mass is 9.97. The predicted molar refractivity (Wildman–Crippen MR) is 124 cm³/mol. The molecule has 0 bridgehead atoms. The van der Waals surface area contributed by atoms with Crippen molar-refractivity contribution in [2.45, 2.75) is 20.0 Å². The zero-order valence-electron chi connectivity index (χ0n) is 18.9. The summed E-state index contributed by atoms with van der Waals surface area (Å²) in [6.45, 7) is 2.97. The van der Waals surface area contributed by atoms with E-state index in [9.17, 15) is 29.3 Å². The van der Waals surface area contributed by atoms with E-state index >= 15 is 0 Å². The van der Waals surface area contributed by atoms with E-state index in [0.717, 1.165) is 17.2 Å². The molecule has 1 aliphatic rings. The van der Waals surface area contributed by atoms with E-state index in [-0.39, 0.29) is 11.1 Å². The Bertz CT molecular complexity index is 1380. The van der Waals surface area contributed by atoms with Crippen molar-refractivity contribution in [2.24, 2.45) is 0 Å². The fourth-order valence-electron chi connectivity index (χ4n) is 3.86. The first-order valence-corrected chi connectivity index (χ1v) is 10.7. The molecule has 2 amide bonds. The average molecular weight is 472 g/mol. The van der Waals surface area contributed by atoms with Crippen LogP contribution in [0.15, 0.2) is 66.7 Å². The number of imide groups is 1. The Labute approximate surface area is 200 Å². The smallest absolute Gasteiger partial charge is 0.327 e. The number of Topliss-reactive ketones (excluding diaryl/α,β-unsaturated/α-hetero) is 1. The molecule has 0 aromatic heterocycles. The molecule has 0 radical (unpaired) electrons. The summed E-state index contributed by atoms with van der Waals surface area (Å²) in [5.74, 6) is -3.28. The zero-order valence-corrected chi connectivity index (χ0v) is 18.9. The second-order valence-corrected chi connectivity index (χ2v) is 8.10. The third-order valence-corrected chi connectivity index (χ3v) is 5.84. The van der Waals surface area contributed by atoms with Gasteiger partial charge < -0.3 is 4.74 Å². The first-order valence-electron chi connectivity index (χ1n) is 10.7. The summed E-state index contributed by atoms with van der Waals surface area (Å²) in [6.07, 6.45) is -1.31. The van der Waals surface area contributed by atoms with Crippen molar-refractivity contribution in [3.63, 3.8) is 0 Å². The number of rotatable bonds is 7. The number of fused-ring (bicyclic) bond motifs is 1. The second kappa shape index (κ2) is 9.30. The number of ketones is 1. The van der Waals surface area contributed by atoms with Crippen LogP contribution in [0.2, 0.25) is 0 Å². The molecule has 3 aromatic rings. The van der Waals surface area contributed by atoms with Gasteiger partial charge in [0, 0.05) is 17.2 Å². The maximum atomic E-state index is 13.3. The van der Waals surface area contributed by atoms with Crippen LogP contribution in [0.5, 0.6) is 0 Å². The van der Waals surface area contributed by atoms with Crippen LogP contribution in [0.25, 0.3) is 0 Å². The van der Waals surface area contributed by atoms with E-state index in [1.54, 1.807) is 48.5 Å². The molecule has 0 aliphatic carbocycles. The Morgan fingerprint density at radius 3 is 2.31 bits per heavy atom. The number of nitro benzene ring substituents is 1. The molecule has 0 spiro atoms. The molecule has 1 unspecified atom stereocenters. The quantitative estimate of drug-likeness (QED) is 0.167. The van der Waals surface area contributed by atoms with Gasteiger partial charge in [0.1, 0.15) is 12.1 Å². The molecule has 1 atom stereocenters. The normalized spacial score (nSPS) is 13.4. The molecule has 9 nitrogen and oxygen atoms in total. The van der Waals surface area contributed by atoms with Crippen molar-refractivity contribution in [1.29, 1.82) is 0 Å². The number of amides is 2. The SMILES string of the molecule is Cc1ccc(C(=O)C(OC(=O)CN2C(=O)c3cccc([N+](=O)[O-])c3C2=O)c2ccccc2)cc1C. The van der Waals surface area contributed by atoms with E-state index in [4.69, 9.17) is 4.74 Å². The number of carbonyl (C=O) groups excluding carboxylic acids is 4. The number of hydrogen-bond donors (Lipinski definition) is 0. The second-order valence-electron chi connectivity index (χ2n) is 8.10. The standard InChI is InChI=1S/C26H20N2O7/c1-15-11-12-18(13-16(15)2)23(30)24(17-7-4-3-5-8-17)35-21(29)14-27-25(31)19-9-6-10-20(28(33)34)22(19)26(27)32/h3-13,24H,14H2,1-2H3. The van der Waals surface area contributed by atoms with Gasteiger partial charge in [-0.05, 0) is 37.1 Å². The summed E-state index contributed by atoms with van der Waals surface area (Å²) in [7, 11) is 0. The summed E-state index contributed by atoms with van der Waals surface area (Å²) in [6, 6.07) is 17.2. The van der Waals surface area contributed by atoms with Crippen molar-refractivity contribution < 1.29 is 28.8 Å². The van der Waals surface area contributed by atoms with Crippen LogP contribution >= 0.6 is 0 Å². The number of benzene rings is 3. The predicted octanol–water partition coefficient (Wildman–Crippen LogP) is 3.98. The Balaban J connectivity index is 1.59. The highest BCUT2D eigenvalue weighted by atomic mass is 16.6. The van der Waals surface area contributed by atoms with Crippen LogP contribution in [0, 0.1) is 24.0 Å². The number of carbonyl (C=O) groups is 4. The Morgan fingerprint density at radius 2 is 1.66 bits per heavy atom. The average Bonchev–Trinajstić information content (AvgIpc) is 3.09. The summed E-state index contributed by atoms with van der Waals surface area (Å²) >= 11 is 0. The van der Waals surface area contributed by atoms with Gasteiger partial charge in [0.15, 0.2) is 6.10 Å². The molecule has 0 saturated carbocycles. The molecule has 176 valence electrons. The maximum absolute atomic E-state index is 13.3. The first-order chi connectivity index (χ1) is 16.7. The van der Waals surface area contributed by atoms with Crippen LogP contribution in [-0.4, -0.2) is 39.9 Å². The molecule has 4 rings (SSSR count). The molecule has 0 fully saturated rings. The molecule has 1 aliphatic heterocycles. The summed E-state index contributed by atoms with van der Waals surface area (Å²) in [4.78, 5) is 62.7. The van der Waals surface area contributed by atoms with Crippen molar-refractivity contribution in [3.05, 3.63) is 110 Å². The van der Waals surface area contributed by atoms with Crippen molar-refractivity contribution in [1.82, 2.24) is 4.90 Å². The van der Waals surface area contributed by atoms with Crippen molar-refractivity contribution >= 4 is 29.3 Å². The van der Waals surface area contributed by atoms with Gasteiger partial charge in [-0.2, -0.15) is 0 Å². The Kier molecular flexibility index (Phi) is 6.24. The van der Waals surface area contributed by atoms with Gasteiger partial charge in [0.25, 0.3) is 17.5 Å². The lowest BCUT2D eigenvalue weighted by Gasteiger charge is -2.20. The van der Waals surface area contributed by atoms with E-state index < -0.39 is 46.8 Å². The van der Waals surface area contributed by atoms with Gasteiger partial charge in [0.2, 0.25) is 5.78 Å². The van der Waals surface area contributed by atoms with E-state index in [1.807, 2.05) is 13.8 Å². The van der Waals surface area contributed by atoms with Gasteiger partial charge in [-0.25, -0.2) is 0 Å². The number of esters is 1. The van der Waals surface area contributed by atoms with Gasteiger partial charge in [-0.1, -0.05) is 48.5 Å². The molecule has 1 heterocycles. The minimum Gasteiger partial charge on any atom is -0.448 e. The van der Waals surface area contributed by atoms with Gasteiger partial charge in [-0.15, -0.1) is 0 Å². The van der Waals surface area contributed by atoms with Gasteiger partial charge in [0.05, 0.1) is 10.5 Å². The first kappa shape index (κ1) is 23.5. The number of nitro groups is 1. The summed E-state index contributed by atoms with van der Waals surface area (Å²) in [5.41, 5.74) is 1.58. The summed E-state index contributed by atoms with van der Waals surface area (Å²) < 4.78 is 5.49. The molecular weight excluding hydrogens is 452 g/mol. The van der Waals surface area contributed by atoms with Crippen LogP contribution in [0.1, 0.15) is 53.9 Å². The molecular formula is C26H20N2O7. The molecule has 0 saturated heterocycles. The van der Waals surface area contributed by atoms with Crippen LogP contribution in [-0.2, 0) is 9.53 Å². The highest BCUT2D eigenvalue weighted by molar-refractivity contribution is 6.24. The molecule has 9 heteroatoms. The highest BCUT2D eigenvalue weighted by Crippen LogP contribution is 2.31. The largest absolute Gasteiger partial charge is 0.448 e. The Morgan fingerprint density at radius 1 is 0.943 bits per heavy atom. The van der Waals surface area contributed by atoms with Crippen LogP contribution in [0.3, 0.4) is 0 Å². The summed E-state index contributed by atoms with van der Waals surface area (Å²) in [5, 5.41) is 11.3. The van der Waals surface area contributed by atoms with E-state index in [0.29, 0.717) is 16.0 Å². The topological polar surface area (TPSA) is 124 Å². The minimum atomic E-state index is -1.31. The van der Waals surface area contributed by atoms with Crippen molar-refractivity contribution in [3.8, 4) is 0 Å². The number of hydrogen-bond acceptors (Lipinski definition) is 7. The molecule has 3 aromatic carbocycles. The molecule has 35 heavy (non-hydrogen) atoms. The third-order valence-electron chi connectivity index (χ3n) is 5.84. The van der Waals surface area contributed by atoms with E-state index in [2.05, 4.69) is 0 Å². The maximum Gasteiger partial charge on any atom is 0.327 e. The number of ether oxygens (including phenoxy) is 1. The van der Waals surface area contributed by atoms with Gasteiger partial charge in [-0.3, -0.25) is 34.2 Å². The lowest BCUT2D eigenvalue weighted by molar-refractivity contribution is -0.385. The zero-order chi connectivity index (χ0) is 25.3. The minimum absolute atomic E-state index is 0.164. The fourth-order valence-corrected chi connectivity index (χ4v) is 3.86. The number of nitrogens with zero attached hydrogens (tertiary/aromatic N) is 2. The van der Waals surface area contributed by atoms with Crippen molar-refractivity contribution in [2.75, 3.05) is 6.54 Å². The van der Waals surface area contributed by atoms with Crippen LogP contribution < -0.4 is 0 Å². The lowest BCUT2D eigenvalue weighted by Crippen LogP contribution is -2.36.